The number of para-hydroxylation sites is 2. The topological polar surface area (TPSA) is 73.6 Å². The quantitative estimate of drug-likeness (QED) is 0.453. The first kappa shape index (κ1) is 18.6. The van der Waals surface area contributed by atoms with Crippen LogP contribution in [-0.4, -0.2) is 27.4 Å². The van der Waals surface area contributed by atoms with E-state index in [0.29, 0.717) is 17.9 Å². The van der Waals surface area contributed by atoms with Crippen LogP contribution in [0, 0.1) is 0 Å². The summed E-state index contributed by atoms with van der Waals surface area (Å²) >= 11 is 1.53. The van der Waals surface area contributed by atoms with Gasteiger partial charge in [-0.05, 0) is 41.5 Å². The highest BCUT2D eigenvalue weighted by Crippen LogP contribution is 2.34. The number of aromatic carboxylic acids is 1. The summed E-state index contributed by atoms with van der Waals surface area (Å²) in [6.07, 6.45) is 0. The lowest BCUT2D eigenvalue weighted by atomic mass is 10.1. The van der Waals surface area contributed by atoms with Crippen LogP contribution in [0.25, 0.3) is 11.0 Å². The minimum atomic E-state index is -0.917. The van der Waals surface area contributed by atoms with Crippen molar-refractivity contribution in [1.29, 1.82) is 0 Å². The number of carboxylic acid groups (broad SMARTS) is 1. The van der Waals surface area contributed by atoms with Crippen LogP contribution in [-0.2, 0) is 12.3 Å². The maximum atomic E-state index is 11.5. The number of rotatable bonds is 6. The zero-order valence-electron chi connectivity index (χ0n) is 15.9. The predicted octanol–water partition coefficient (Wildman–Crippen LogP) is 4.80. The third-order valence-corrected chi connectivity index (χ3v) is 6.03. The van der Waals surface area contributed by atoms with Crippen molar-refractivity contribution >= 4 is 28.8 Å². The van der Waals surface area contributed by atoms with Crippen molar-refractivity contribution in [3.05, 3.63) is 83.4 Å². The van der Waals surface area contributed by atoms with Crippen molar-refractivity contribution in [2.75, 3.05) is 6.79 Å². The average Bonchev–Trinajstić information content (AvgIpc) is 3.37. The third kappa shape index (κ3) is 3.48. The van der Waals surface area contributed by atoms with Crippen LogP contribution in [0.1, 0.15) is 21.5 Å². The summed E-state index contributed by atoms with van der Waals surface area (Å²) in [5.74, 6) is 1.11. The molecule has 150 valence electrons. The first-order valence-corrected chi connectivity index (χ1v) is 10.5. The Hall–Kier alpha value is -3.45. The highest BCUT2D eigenvalue weighted by atomic mass is 32.2. The molecule has 0 atom stereocenters. The van der Waals surface area contributed by atoms with E-state index in [0.717, 1.165) is 38.8 Å². The number of ether oxygens (including phenoxy) is 2. The standard InChI is InChI=1S/C23H18N2O4S/c26-22(27)17-6-2-1-5-16(17)13-30-23-24-18-7-3-4-8-19(18)25(23)12-15-9-10-20-21(11-15)29-14-28-20/h1-11H,12-14H2,(H,26,27). The molecule has 0 aliphatic carbocycles. The van der Waals surface area contributed by atoms with E-state index >= 15 is 0 Å². The van der Waals surface area contributed by atoms with Crippen LogP contribution in [0.2, 0.25) is 0 Å². The fourth-order valence-electron chi connectivity index (χ4n) is 3.54. The van der Waals surface area contributed by atoms with Crippen molar-refractivity contribution in [3.63, 3.8) is 0 Å². The Morgan fingerprint density at radius 2 is 1.83 bits per heavy atom. The molecule has 4 aromatic rings. The van der Waals surface area contributed by atoms with Crippen molar-refractivity contribution in [2.45, 2.75) is 17.5 Å². The van der Waals surface area contributed by atoms with Gasteiger partial charge >= 0.3 is 5.97 Å². The zero-order valence-corrected chi connectivity index (χ0v) is 16.8. The zero-order chi connectivity index (χ0) is 20.5. The number of hydrogen-bond donors (Lipinski definition) is 1. The van der Waals surface area contributed by atoms with Gasteiger partial charge in [-0.2, -0.15) is 0 Å². The highest BCUT2D eigenvalue weighted by molar-refractivity contribution is 7.98. The Labute approximate surface area is 177 Å². The Kier molecular flexibility index (Phi) is 4.80. The summed E-state index contributed by atoms with van der Waals surface area (Å²) in [4.78, 5) is 16.3. The van der Waals surface area contributed by atoms with E-state index in [4.69, 9.17) is 14.5 Å². The number of carbonyl (C=O) groups is 1. The van der Waals surface area contributed by atoms with E-state index in [1.807, 2.05) is 54.6 Å². The second kappa shape index (κ2) is 7.76. The molecule has 1 aliphatic rings. The van der Waals surface area contributed by atoms with Gasteiger partial charge in [0.25, 0.3) is 0 Å². The molecule has 7 heteroatoms. The van der Waals surface area contributed by atoms with Gasteiger partial charge in [0.1, 0.15) is 0 Å². The molecule has 0 amide bonds. The van der Waals surface area contributed by atoms with Crippen LogP contribution in [0.4, 0.5) is 0 Å². The maximum absolute atomic E-state index is 11.5. The molecule has 1 N–H and O–H groups in total. The van der Waals surface area contributed by atoms with Gasteiger partial charge in [-0.3, -0.25) is 0 Å². The molecule has 0 bridgehead atoms. The number of aromatic nitrogens is 2. The molecule has 1 aliphatic heterocycles. The molecule has 6 nitrogen and oxygen atoms in total. The van der Waals surface area contributed by atoms with Crippen LogP contribution in [0.3, 0.4) is 0 Å². The van der Waals surface area contributed by atoms with Crippen LogP contribution < -0.4 is 9.47 Å². The largest absolute Gasteiger partial charge is 0.478 e. The number of nitrogens with zero attached hydrogens (tertiary/aromatic N) is 2. The first-order valence-electron chi connectivity index (χ1n) is 9.47. The molecule has 5 rings (SSSR count). The number of fused-ring (bicyclic) bond motifs is 2. The van der Waals surface area contributed by atoms with Crippen molar-refractivity contribution in [3.8, 4) is 11.5 Å². The van der Waals surface area contributed by atoms with Gasteiger partial charge in [-0.1, -0.05) is 48.2 Å². The third-order valence-electron chi connectivity index (χ3n) is 5.00. The summed E-state index contributed by atoms with van der Waals surface area (Å²) < 4.78 is 13.1. The van der Waals surface area contributed by atoms with Crippen molar-refractivity contribution in [2.24, 2.45) is 0 Å². The summed E-state index contributed by atoms with van der Waals surface area (Å²) in [7, 11) is 0. The summed E-state index contributed by atoms with van der Waals surface area (Å²) in [5, 5.41) is 10.3. The molecule has 0 spiro atoms. The summed E-state index contributed by atoms with van der Waals surface area (Å²) in [6, 6.07) is 21.0. The van der Waals surface area contributed by atoms with E-state index in [9.17, 15) is 9.90 Å². The minimum absolute atomic E-state index is 0.247. The molecule has 1 aromatic heterocycles. The predicted molar refractivity (Wildman–Crippen MR) is 114 cm³/mol. The van der Waals surface area contributed by atoms with E-state index < -0.39 is 5.97 Å². The number of carboxylic acids is 1. The molecular weight excluding hydrogens is 400 g/mol. The fourth-order valence-corrected chi connectivity index (χ4v) is 4.55. The average molecular weight is 418 g/mol. The lowest BCUT2D eigenvalue weighted by molar-refractivity contribution is 0.0696. The molecule has 2 heterocycles. The fraction of sp³-hybridized carbons (Fsp3) is 0.130. The Bertz CT molecular complexity index is 1250. The van der Waals surface area contributed by atoms with Crippen molar-refractivity contribution < 1.29 is 19.4 Å². The molecule has 0 unspecified atom stereocenters. The van der Waals surface area contributed by atoms with Gasteiger partial charge in [0.2, 0.25) is 6.79 Å². The molecule has 3 aromatic carbocycles. The number of benzene rings is 3. The lowest BCUT2D eigenvalue weighted by Crippen LogP contribution is -2.03. The van der Waals surface area contributed by atoms with Gasteiger partial charge in [0.05, 0.1) is 23.1 Å². The second-order valence-corrected chi connectivity index (χ2v) is 7.85. The van der Waals surface area contributed by atoms with Gasteiger partial charge in [-0.15, -0.1) is 0 Å². The lowest BCUT2D eigenvalue weighted by Gasteiger charge is -2.11. The normalized spacial score (nSPS) is 12.4. The summed E-state index contributed by atoms with van der Waals surface area (Å²) in [6.45, 7) is 0.872. The maximum Gasteiger partial charge on any atom is 0.335 e. The number of thioether (sulfide) groups is 1. The second-order valence-electron chi connectivity index (χ2n) is 6.91. The van der Waals surface area contributed by atoms with Crippen molar-refractivity contribution in [1.82, 2.24) is 9.55 Å². The van der Waals surface area contributed by atoms with Gasteiger partial charge in [0.15, 0.2) is 16.7 Å². The summed E-state index contributed by atoms with van der Waals surface area (Å²) in [5.41, 5.74) is 4.12. The van der Waals surface area contributed by atoms with Crippen LogP contribution in [0.5, 0.6) is 11.5 Å². The Morgan fingerprint density at radius 1 is 1.03 bits per heavy atom. The van der Waals surface area contributed by atoms with Gasteiger partial charge in [-0.25, -0.2) is 9.78 Å². The molecule has 30 heavy (non-hydrogen) atoms. The molecule has 0 saturated heterocycles. The van der Waals surface area contributed by atoms with E-state index in [1.165, 1.54) is 11.8 Å². The highest BCUT2D eigenvalue weighted by Gasteiger charge is 2.17. The van der Waals surface area contributed by atoms with E-state index in [2.05, 4.69) is 4.57 Å². The Morgan fingerprint density at radius 3 is 2.73 bits per heavy atom. The number of imidazole rings is 1. The van der Waals surface area contributed by atoms with E-state index in [-0.39, 0.29) is 6.79 Å². The monoisotopic (exact) mass is 418 g/mol. The molecule has 0 radical (unpaired) electrons. The minimum Gasteiger partial charge on any atom is -0.478 e. The van der Waals surface area contributed by atoms with Gasteiger partial charge in [0, 0.05) is 5.75 Å². The Balaban J connectivity index is 1.48. The smallest absolute Gasteiger partial charge is 0.335 e. The molecule has 0 saturated carbocycles. The molecule has 0 fully saturated rings. The van der Waals surface area contributed by atoms with Gasteiger partial charge < -0.3 is 19.1 Å². The van der Waals surface area contributed by atoms with E-state index in [1.54, 1.807) is 12.1 Å². The van der Waals surface area contributed by atoms with Crippen LogP contribution in [0.15, 0.2) is 71.9 Å². The number of hydrogen-bond acceptors (Lipinski definition) is 5. The molecular formula is C23H18N2O4S. The first-order chi connectivity index (χ1) is 14.7. The van der Waals surface area contributed by atoms with Crippen LogP contribution >= 0.6 is 11.8 Å². The SMILES string of the molecule is O=C(O)c1ccccc1CSc1nc2ccccc2n1Cc1ccc2c(c1)OCO2.